The highest BCUT2D eigenvalue weighted by molar-refractivity contribution is 5.96. The average molecular weight is 546 g/mol. The lowest BCUT2D eigenvalue weighted by Gasteiger charge is -2.35. The Balaban J connectivity index is 1.27. The van der Waals surface area contributed by atoms with Gasteiger partial charge in [0.05, 0.1) is 5.69 Å². The summed E-state index contributed by atoms with van der Waals surface area (Å²) in [7, 11) is 0. The fourth-order valence-corrected chi connectivity index (χ4v) is 4.63. The Labute approximate surface area is 225 Å². The number of hydrogen-bond acceptors (Lipinski definition) is 4. The maximum atomic E-state index is 14.6. The van der Waals surface area contributed by atoms with Crippen LogP contribution < -0.4 is 16.0 Å². The normalized spacial score (nSPS) is 17.7. The lowest BCUT2D eigenvalue weighted by molar-refractivity contribution is -0.0894. The van der Waals surface area contributed by atoms with Gasteiger partial charge in [0, 0.05) is 68.3 Å². The molecule has 2 aromatic carbocycles. The minimum absolute atomic E-state index is 0.128. The van der Waals surface area contributed by atoms with Crippen LogP contribution in [0.4, 0.5) is 23.7 Å². The van der Waals surface area contributed by atoms with Crippen molar-refractivity contribution >= 4 is 23.5 Å². The number of urea groups is 1. The molecule has 4 amide bonds. The van der Waals surface area contributed by atoms with Crippen molar-refractivity contribution in [3.05, 3.63) is 65.0 Å². The van der Waals surface area contributed by atoms with E-state index in [1.807, 2.05) is 39.0 Å². The molecular weight excluding hydrogens is 511 g/mol. The van der Waals surface area contributed by atoms with Crippen LogP contribution in [0, 0.1) is 5.82 Å². The molecule has 8 nitrogen and oxygen atoms in total. The monoisotopic (exact) mass is 545 g/mol. The standard InChI is InChI=1S/C28H34F3N5O3/c1-27(2,3)34-24(37)19-6-4-5-18(13-19)17-35-9-11-36(12-10-35)25(38)20-7-8-23(22(29)14-20)33-26(39)32-21-15-28(30,31)16-21/h4-8,13-14,21H,9-12,15-17H2,1-3H3,(H,34,37)(H2,32,33,39). The molecule has 1 saturated carbocycles. The van der Waals surface area contributed by atoms with E-state index < -0.39 is 36.7 Å². The van der Waals surface area contributed by atoms with Crippen LogP contribution in [-0.2, 0) is 6.54 Å². The van der Waals surface area contributed by atoms with Crippen molar-refractivity contribution in [3.8, 4) is 0 Å². The molecule has 0 unspecified atom stereocenters. The zero-order chi connectivity index (χ0) is 28.4. The molecule has 0 atom stereocenters. The lowest BCUT2D eigenvalue weighted by Crippen LogP contribution is -2.51. The fourth-order valence-electron chi connectivity index (χ4n) is 4.63. The predicted molar refractivity (Wildman–Crippen MR) is 141 cm³/mol. The van der Waals surface area contributed by atoms with Crippen LogP contribution in [0.2, 0.25) is 0 Å². The SMILES string of the molecule is CC(C)(C)NC(=O)c1cccc(CN2CCN(C(=O)c3ccc(NC(=O)NC4CC(F)(F)C4)c(F)c3)CC2)c1. The molecule has 3 N–H and O–H groups in total. The molecule has 2 aliphatic rings. The van der Waals surface area contributed by atoms with Crippen LogP contribution in [0.5, 0.6) is 0 Å². The number of alkyl halides is 2. The van der Waals surface area contributed by atoms with E-state index in [0.29, 0.717) is 38.3 Å². The zero-order valence-corrected chi connectivity index (χ0v) is 22.3. The minimum atomic E-state index is -2.77. The van der Waals surface area contributed by atoms with Crippen molar-refractivity contribution in [2.45, 2.75) is 57.7 Å². The van der Waals surface area contributed by atoms with Crippen molar-refractivity contribution in [2.75, 3.05) is 31.5 Å². The first kappa shape index (κ1) is 28.4. The number of rotatable bonds is 6. The number of carbonyl (C=O) groups excluding carboxylic acids is 3. The van der Waals surface area contributed by atoms with Gasteiger partial charge in [0.2, 0.25) is 0 Å². The molecule has 210 valence electrons. The third-order valence-corrected chi connectivity index (χ3v) is 6.63. The Hall–Kier alpha value is -3.60. The quantitative estimate of drug-likeness (QED) is 0.507. The van der Waals surface area contributed by atoms with Crippen LogP contribution in [0.15, 0.2) is 42.5 Å². The molecule has 4 rings (SSSR count). The molecule has 11 heteroatoms. The number of carbonyl (C=O) groups is 3. The molecule has 0 bridgehead atoms. The van der Waals surface area contributed by atoms with Crippen LogP contribution in [0.1, 0.15) is 59.9 Å². The summed E-state index contributed by atoms with van der Waals surface area (Å²) in [5, 5.41) is 7.65. The smallest absolute Gasteiger partial charge is 0.319 e. The molecule has 2 fully saturated rings. The number of hydrogen-bond donors (Lipinski definition) is 3. The molecule has 1 aliphatic carbocycles. The number of anilines is 1. The van der Waals surface area contributed by atoms with Gasteiger partial charge in [-0.25, -0.2) is 18.0 Å². The van der Waals surface area contributed by atoms with Gasteiger partial charge in [-0.15, -0.1) is 0 Å². The van der Waals surface area contributed by atoms with E-state index in [0.717, 1.165) is 11.6 Å². The molecular formula is C28H34F3N5O3. The van der Waals surface area contributed by atoms with E-state index in [-0.39, 0.29) is 28.6 Å². The zero-order valence-electron chi connectivity index (χ0n) is 22.3. The first-order valence-electron chi connectivity index (χ1n) is 13.0. The van der Waals surface area contributed by atoms with Crippen molar-refractivity contribution in [3.63, 3.8) is 0 Å². The first-order chi connectivity index (χ1) is 18.3. The van der Waals surface area contributed by atoms with E-state index in [1.54, 1.807) is 11.0 Å². The minimum Gasteiger partial charge on any atom is -0.347 e. The summed E-state index contributed by atoms with van der Waals surface area (Å²) in [6, 6.07) is 9.83. The summed E-state index contributed by atoms with van der Waals surface area (Å²) in [4.78, 5) is 41.3. The van der Waals surface area contributed by atoms with Crippen molar-refractivity contribution < 1.29 is 27.6 Å². The molecule has 0 aromatic heterocycles. The van der Waals surface area contributed by atoms with Gasteiger partial charge in [0.1, 0.15) is 5.82 Å². The third-order valence-electron chi connectivity index (χ3n) is 6.63. The van der Waals surface area contributed by atoms with Gasteiger partial charge in [-0.2, -0.15) is 0 Å². The number of halogens is 3. The molecule has 0 spiro atoms. The second-order valence-corrected chi connectivity index (χ2v) is 11.2. The van der Waals surface area contributed by atoms with Gasteiger partial charge in [-0.3, -0.25) is 14.5 Å². The van der Waals surface area contributed by atoms with E-state index in [1.165, 1.54) is 12.1 Å². The lowest BCUT2D eigenvalue weighted by atomic mass is 9.88. The van der Waals surface area contributed by atoms with Gasteiger partial charge in [-0.05, 0) is 56.7 Å². The summed E-state index contributed by atoms with van der Waals surface area (Å²) in [6.45, 7) is 8.57. The number of piperazine rings is 1. The molecule has 1 heterocycles. The van der Waals surface area contributed by atoms with E-state index in [2.05, 4.69) is 20.9 Å². The molecule has 2 aromatic rings. The van der Waals surface area contributed by atoms with Crippen LogP contribution in [-0.4, -0.2) is 71.3 Å². The van der Waals surface area contributed by atoms with Gasteiger partial charge >= 0.3 is 6.03 Å². The number of benzene rings is 2. The second kappa shape index (κ2) is 11.3. The fraction of sp³-hybridized carbons (Fsp3) is 0.464. The summed E-state index contributed by atoms with van der Waals surface area (Å²) in [5.41, 5.74) is 1.28. The second-order valence-electron chi connectivity index (χ2n) is 11.2. The van der Waals surface area contributed by atoms with Gasteiger partial charge in [0.25, 0.3) is 17.7 Å². The van der Waals surface area contributed by atoms with Gasteiger partial charge < -0.3 is 20.9 Å². The summed E-state index contributed by atoms with van der Waals surface area (Å²) < 4.78 is 40.5. The Kier molecular flexibility index (Phi) is 8.20. The Morgan fingerprint density at radius 3 is 2.28 bits per heavy atom. The van der Waals surface area contributed by atoms with Gasteiger partial charge in [0.15, 0.2) is 0 Å². The number of amides is 4. The maximum Gasteiger partial charge on any atom is 0.319 e. The highest BCUT2D eigenvalue weighted by Crippen LogP contribution is 2.37. The predicted octanol–water partition coefficient (Wildman–Crippen LogP) is 4.23. The Morgan fingerprint density at radius 1 is 0.974 bits per heavy atom. The Morgan fingerprint density at radius 2 is 1.67 bits per heavy atom. The first-order valence-corrected chi connectivity index (χ1v) is 13.0. The molecule has 1 aliphatic heterocycles. The average Bonchev–Trinajstić information content (AvgIpc) is 2.83. The molecule has 1 saturated heterocycles. The topological polar surface area (TPSA) is 93.8 Å². The van der Waals surface area contributed by atoms with Crippen molar-refractivity contribution in [1.29, 1.82) is 0 Å². The molecule has 39 heavy (non-hydrogen) atoms. The van der Waals surface area contributed by atoms with E-state index >= 15 is 0 Å². The molecule has 0 radical (unpaired) electrons. The maximum absolute atomic E-state index is 14.6. The Bertz CT molecular complexity index is 1230. The van der Waals surface area contributed by atoms with Crippen molar-refractivity contribution in [1.82, 2.24) is 20.4 Å². The summed E-state index contributed by atoms with van der Waals surface area (Å²) in [5.74, 6) is -4.01. The summed E-state index contributed by atoms with van der Waals surface area (Å²) in [6.07, 6.45) is -0.880. The summed E-state index contributed by atoms with van der Waals surface area (Å²) >= 11 is 0. The van der Waals surface area contributed by atoms with Gasteiger partial charge in [-0.1, -0.05) is 12.1 Å². The van der Waals surface area contributed by atoms with Crippen molar-refractivity contribution in [2.24, 2.45) is 0 Å². The third kappa shape index (κ3) is 7.72. The highest BCUT2D eigenvalue weighted by atomic mass is 19.3. The van der Waals surface area contributed by atoms with E-state index in [9.17, 15) is 27.6 Å². The number of nitrogens with one attached hydrogen (secondary N) is 3. The number of nitrogens with zero attached hydrogens (tertiary/aromatic N) is 2. The van der Waals surface area contributed by atoms with Crippen LogP contribution in [0.25, 0.3) is 0 Å². The van der Waals surface area contributed by atoms with Crippen LogP contribution in [0.3, 0.4) is 0 Å². The highest BCUT2D eigenvalue weighted by Gasteiger charge is 2.46. The van der Waals surface area contributed by atoms with Crippen LogP contribution >= 0.6 is 0 Å². The largest absolute Gasteiger partial charge is 0.347 e. The van der Waals surface area contributed by atoms with E-state index in [4.69, 9.17) is 0 Å².